The summed E-state index contributed by atoms with van der Waals surface area (Å²) in [5.74, 6) is 1.22. The summed E-state index contributed by atoms with van der Waals surface area (Å²) >= 11 is 0. The van der Waals surface area contributed by atoms with Crippen LogP contribution in [0.15, 0.2) is 0 Å². The second-order valence-corrected chi connectivity index (χ2v) is 5.97. The average Bonchev–Trinajstić information content (AvgIpc) is 2.45. The summed E-state index contributed by atoms with van der Waals surface area (Å²) in [6.07, 6.45) is 8.76. The van der Waals surface area contributed by atoms with Gasteiger partial charge in [-0.1, -0.05) is 52.4 Å². The molecule has 0 spiro atoms. The molecule has 0 radical (unpaired) electrons. The van der Waals surface area contributed by atoms with Crippen LogP contribution in [0.3, 0.4) is 0 Å². The summed E-state index contributed by atoms with van der Waals surface area (Å²) < 4.78 is 11.5. The predicted octanol–water partition coefficient (Wildman–Crippen LogP) is 3.74. The molecule has 3 atom stereocenters. The molecule has 0 aromatic heterocycles. The molecule has 0 aromatic rings. The summed E-state index contributed by atoms with van der Waals surface area (Å²) in [6, 6.07) is 0. The lowest BCUT2D eigenvalue weighted by molar-refractivity contribution is -0.181. The largest absolute Gasteiger partial charge is 0.394 e. The fraction of sp³-hybridized carbons (Fsp3) is 1.00. The number of hydrogen-bond acceptors (Lipinski definition) is 3. The van der Waals surface area contributed by atoms with E-state index in [1.54, 1.807) is 0 Å². The number of rotatable bonds is 9. The van der Waals surface area contributed by atoms with Gasteiger partial charge in [-0.25, -0.2) is 0 Å². The van der Waals surface area contributed by atoms with Gasteiger partial charge in [0.25, 0.3) is 0 Å². The Bertz CT molecular complexity index is 214. The summed E-state index contributed by atoms with van der Waals surface area (Å²) in [5, 5.41) is 9.33. The molecule has 0 aromatic carbocycles. The molecule has 3 nitrogen and oxygen atoms in total. The summed E-state index contributed by atoms with van der Waals surface area (Å²) in [6.45, 7) is 7.02. The maximum absolute atomic E-state index is 9.33. The summed E-state index contributed by atoms with van der Waals surface area (Å²) in [5.41, 5.74) is 0. The highest BCUT2D eigenvalue weighted by Crippen LogP contribution is 2.26. The van der Waals surface area contributed by atoms with Crippen LogP contribution in [0.2, 0.25) is 0 Å². The van der Waals surface area contributed by atoms with Gasteiger partial charge in [0.1, 0.15) is 0 Å². The van der Waals surface area contributed by atoms with Crippen molar-refractivity contribution >= 4 is 0 Å². The van der Waals surface area contributed by atoms with Gasteiger partial charge in [-0.15, -0.1) is 0 Å². The van der Waals surface area contributed by atoms with E-state index in [1.165, 1.54) is 32.1 Å². The first kappa shape index (κ1) is 16.9. The van der Waals surface area contributed by atoms with Crippen LogP contribution >= 0.6 is 0 Å². The lowest BCUT2D eigenvalue weighted by Gasteiger charge is -2.26. The normalized spacial score (nSPS) is 22.1. The Kier molecular flexibility index (Phi) is 8.67. The molecule has 3 heteroatoms. The fourth-order valence-electron chi connectivity index (χ4n) is 2.78. The van der Waals surface area contributed by atoms with Crippen molar-refractivity contribution in [2.75, 3.05) is 13.2 Å². The van der Waals surface area contributed by atoms with Crippen molar-refractivity contribution in [3.63, 3.8) is 0 Å². The van der Waals surface area contributed by atoms with E-state index in [0.29, 0.717) is 5.92 Å². The molecular weight excluding hydrogens is 240 g/mol. The molecule has 19 heavy (non-hydrogen) atoms. The van der Waals surface area contributed by atoms with Gasteiger partial charge in [0.15, 0.2) is 6.29 Å². The van der Waals surface area contributed by atoms with Gasteiger partial charge in [0, 0.05) is 6.61 Å². The topological polar surface area (TPSA) is 38.7 Å². The predicted molar refractivity (Wildman–Crippen MR) is 78.0 cm³/mol. The molecule has 0 saturated heterocycles. The van der Waals surface area contributed by atoms with E-state index in [2.05, 4.69) is 13.8 Å². The SMILES string of the molecule is CCC(C)C(CO)O[C@H](C)OCCC1CCCCC1. The van der Waals surface area contributed by atoms with E-state index in [4.69, 9.17) is 9.47 Å². The van der Waals surface area contributed by atoms with Gasteiger partial charge in [0.2, 0.25) is 0 Å². The Balaban J connectivity index is 2.13. The second-order valence-electron chi connectivity index (χ2n) is 5.97. The van der Waals surface area contributed by atoms with Crippen molar-refractivity contribution in [2.45, 2.75) is 78.1 Å². The van der Waals surface area contributed by atoms with Gasteiger partial charge in [-0.05, 0) is 25.2 Å². The zero-order valence-electron chi connectivity index (χ0n) is 12.9. The molecular formula is C16H32O3. The number of aliphatic hydroxyl groups excluding tert-OH is 1. The van der Waals surface area contributed by atoms with Crippen LogP contribution in [0.1, 0.15) is 65.7 Å². The van der Waals surface area contributed by atoms with Crippen molar-refractivity contribution in [1.29, 1.82) is 0 Å². The van der Waals surface area contributed by atoms with Gasteiger partial charge in [-0.3, -0.25) is 0 Å². The Hall–Kier alpha value is -0.120. The van der Waals surface area contributed by atoms with Crippen LogP contribution in [0.5, 0.6) is 0 Å². The van der Waals surface area contributed by atoms with Crippen molar-refractivity contribution in [3.8, 4) is 0 Å². The van der Waals surface area contributed by atoms with Crippen LogP contribution in [0.25, 0.3) is 0 Å². The van der Waals surface area contributed by atoms with Crippen molar-refractivity contribution < 1.29 is 14.6 Å². The van der Waals surface area contributed by atoms with Gasteiger partial charge >= 0.3 is 0 Å². The Morgan fingerprint density at radius 2 is 1.84 bits per heavy atom. The highest BCUT2D eigenvalue weighted by molar-refractivity contribution is 4.66. The summed E-state index contributed by atoms with van der Waals surface area (Å²) in [7, 11) is 0. The lowest BCUT2D eigenvalue weighted by Crippen LogP contribution is -2.31. The standard InChI is InChI=1S/C16H32O3/c1-4-13(2)16(12-17)19-14(3)18-11-10-15-8-6-5-7-9-15/h13-17H,4-12H2,1-3H3/t13?,14-,16?/m1/s1. The van der Waals surface area contributed by atoms with Crippen molar-refractivity contribution in [2.24, 2.45) is 11.8 Å². The highest BCUT2D eigenvalue weighted by atomic mass is 16.7. The molecule has 1 rings (SSSR count). The molecule has 1 saturated carbocycles. The quantitative estimate of drug-likeness (QED) is 0.650. The van der Waals surface area contributed by atoms with E-state index in [1.807, 2.05) is 6.92 Å². The first-order chi connectivity index (χ1) is 9.17. The first-order valence-electron chi connectivity index (χ1n) is 8.05. The lowest BCUT2D eigenvalue weighted by atomic mass is 9.87. The molecule has 0 heterocycles. The summed E-state index contributed by atoms with van der Waals surface area (Å²) in [4.78, 5) is 0. The third-order valence-corrected chi connectivity index (χ3v) is 4.43. The van der Waals surface area contributed by atoms with Crippen LogP contribution in [0, 0.1) is 11.8 Å². The second kappa shape index (κ2) is 9.73. The molecule has 2 unspecified atom stereocenters. The van der Waals surface area contributed by atoms with E-state index in [-0.39, 0.29) is 19.0 Å². The minimum atomic E-state index is -0.213. The van der Waals surface area contributed by atoms with Crippen LogP contribution in [-0.2, 0) is 9.47 Å². The first-order valence-corrected chi connectivity index (χ1v) is 8.05. The molecule has 114 valence electrons. The Labute approximate surface area is 118 Å². The van der Waals surface area contributed by atoms with E-state index < -0.39 is 0 Å². The number of aliphatic hydroxyl groups is 1. The molecule has 0 bridgehead atoms. The third-order valence-electron chi connectivity index (χ3n) is 4.43. The maximum atomic E-state index is 9.33. The van der Waals surface area contributed by atoms with Gasteiger partial charge in [0.05, 0.1) is 12.7 Å². The molecule has 1 aliphatic carbocycles. The van der Waals surface area contributed by atoms with Gasteiger partial charge < -0.3 is 14.6 Å². The highest BCUT2D eigenvalue weighted by Gasteiger charge is 2.19. The maximum Gasteiger partial charge on any atom is 0.155 e. The van der Waals surface area contributed by atoms with Gasteiger partial charge in [-0.2, -0.15) is 0 Å². The molecule has 0 amide bonds. The Morgan fingerprint density at radius 1 is 1.16 bits per heavy atom. The van der Waals surface area contributed by atoms with E-state index in [0.717, 1.165) is 25.4 Å². The fourth-order valence-corrected chi connectivity index (χ4v) is 2.78. The van der Waals surface area contributed by atoms with Crippen LogP contribution < -0.4 is 0 Å². The van der Waals surface area contributed by atoms with Crippen LogP contribution in [-0.4, -0.2) is 30.7 Å². The minimum absolute atomic E-state index is 0.0747. The van der Waals surface area contributed by atoms with Crippen LogP contribution in [0.4, 0.5) is 0 Å². The van der Waals surface area contributed by atoms with Crippen molar-refractivity contribution in [3.05, 3.63) is 0 Å². The van der Waals surface area contributed by atoms with E-state index >= 15 is 0 Å². The molecule has 1 aliphatic rings. The Morgan fingerprint density at radius 3 is 2.42 bits per heavy atom. The monoisotopic (exact) mass is 272 g/mol. The molecule has 1 fully saturated rings. The van der Waals surface area contributed by atoms with E-state index in [9.17, 15) is 5.11 Å². The minimum Gasteiger partial charge on any atom is -0.394 e. The molecule has 0 aliphatic heterocycles. The van der Waals surface area contributed by atoms with Crippen molar-refractivity contribution in [1.82, 2.24) is 0 Å². The molecule has 1 N–H and O–H groups in total. The zero-order valence-corrected chi connectivity index (χ0v) is 12.9. The number of ether oxygens (including phenoxy) is 2. The smallest absolute Gasteiger partial charge is 0.155 e. The number of hydrogen-bond donors (Lipinski definition) is 1. The third kappa shape index (κ3) is 6.73. The average molecular weight is 272 g/mol. The zero-order chi connectivity index (χ0) is 14.1.